The zero-order chi connectivity index (χ0) is 21.4. The van der Waals surface area contributed by atoms with E-state index in [1.807, 2.05) is 18.4 Å². The second-order valence-electron chi connectivity index (χ2n) is 6.65. The molecule has 8 nitrogen and oxygen atoms in total. The number of H-pyrrole nitrogens is 1. The molecule has 0 aliphatic carbocycles. The first kappa shape index (κ1) is 19.8. The van der Waals surface area contributed by atoms with Gasteiger partial charge in [0.05, 0.1) is 23.9 Å². The van der Waals surface area contributed by atoms with Crippen molar-refractivity contribution in [1.29, 1.82) is 0 Å². The molecular weight excluding hydrogens is 404 g/mol. The van der Waals surface area contributed by atoms with Gasteiger partial charge in [-0.05, 0) is 47.3 Å². The summed E-state index contributed by atoms with van der Waals surface area (Å²) in [5, 5.41) is 5.03. The van der Waals surface area contributed by atoms with Crippen LogP contribution in [0.25, 0.3) is 11.3 Å². The number of amides is 1. The summed E-state index contributed by atoms with van der Waals surface area (Å²) in [5.74, 6) is -0.651. The summed E-state index contributed by atoms with van der Waals surface area (Å²) in [5.41, 5.74) is 2.40. The summed E-state index contributed by atoms with van der Waals surface area (Å²) < 4.78 is 6.33. The Bertz CT molecular complexity index is 1210. The van der Waals surface area contributed by atoms with Gasteiger partial charge >= 0.3 is 17.2 Å². The van der Waals surface area contributed by atoms with Crippen molar-refractivity contribution in [3.05, 3.63) is 70.0 Å². The van der Waals surface area contributed by atoms with Gasteiger partial charge in [-0.2, -0.15) is 0 Å². The molecule has 9 heteroatoms. The predicted octanol–water partition coefficient (Wildman–Crippen LogP) is 2.15. The third kappa shape index (κ3) is 3.17. The van der Waals surface area contributed by atoms with Gasteiger partial charge in [0.1, 0.15) is 0 Å². The Kier molecular flexibility index (Phi) is 5.13. The van der Waals surface area contributed by atoms with E-state index in [1.165, 1.54) is 25.8 Å². The lowest BCUT2D eigenvalue weighted by Crippen LogP contribution is -2.60. The highest BCUT2D eigenvalue weighted by atomic mass is 32.2. The number of methoxy groups -OCH3 is 1. The monoisotopic (exact) mass is 423 g/mol. The zero-order valence-electron chi connectivity index (χ0n) is 16.6. The second kappa shape index (κ2) is 7.75. The molecule has 30 heavy (non-hydrogen) atoms. The van der Waals surface area contributed by atoms with Gasteiger partial charge < -0.3 is 4.74 Å². The van der Waals surface area contributed by atoms with Crippen LogP contribution in [0.3, 0.4) is 0 Å². The highest BCUT2D eigenvalue weighted by Gasteiger charge is 2.44. The minimum atomic E-state index is -0.688. The maximum Gasteiger partial charge on any atom is 0.337 e. The number of hydrogen-bond acceptors (Lipinski definition) is 6. The number of nitrogens with zero attached hydrogens (tertiary/aromatic N) is 3. The number of nitrogens with one attached hydrogen (secondary N) is 1. The quantitative estimate of drug-likeness (QED) is 0.394. The molecule has 1 unspecified atom stereocenters. The van der Waals surface area contributed by atoms with Crippen LogP contribution in [0.2, 0.25) is 0 Å². The van der Waals surface area contributed by atoms with Crippen LogP contribution in [-0.2, 0) is 9.53 Å². The Labute approximate surface area is 176 Å². The molecule has 4 rings (SSSR count). The molecule has 1 amide bonds. The zero-order valence-corrected chi connectivity index (χ0v) is 17.4. The number of benzene rings is 2. The molecule has 0 saturated heterocycles. The molecule has 0 radical (unpaired) electrons. The van der Waals surface area contributed by atoms with Crippen molar-refractivity contribution in [2.45, 2.75) is 18.2 Å². The number of esters is 1. The maximum atomic E-state index is 12.9. The smallest absolute Gasteiger partial charge is 0.337 e. The van der Waals surface area contributed by atoms with E-state index in [-0.39, 0.29) is 11.5 Å². The third-order valence-electron chi connectivity index (χ3n) is 4.92. The highest BCUT2D eigenvalue weighted by molar-refractivity contribution is 7.98. The molecule has 1 aliphatic rings. The maximum absolute atomic E-state index is 12.9. The van der Waals surface area contributed by atoms with Crippen LogP contribution in [0.4, 0.5) is 5.69 Å². The fourth-order valence-electron chi connectivity index (χ4n) is 3.61. The van der Waals surface area contributed by atoms with Gasteiger partial charge in [-0.1, -0.05) is 23.9 Å². The normalized spacial score (nSPS) is 14.6. The molecule has 152 valence electrons. The predicted molar refractivity (Wildman–Crippen MR) is 111 cm³/mol. The molecule has 1 aromatic heterocycles. The van der Waals surface area contributed by atoms with E-state index in [1.54, 1.807) is 46.0 Å². The molecule has 2 heterocycles. The number of fused-ring (bicyclic) bond motifs is 3. The number of aromatic nitrogens is 3. The van der Waals surface area contributed by atoms with Crippen LogP contribution in [0.1, 0.15) is 29.0 Å². The van der Waals surface area contributed by atoms with Crippen LogP contribution in [0, 0.1) is 0 Å². The van der Waals surface area contributed by atoms with Crippen molar-refractivity contribution in [1.82, 2.24) is 10.1 Å². The van der Waals surface area contributed by atoms with Gasteiger partial charge in [0.15, 0.2) is 0 Å². The van der Waals surface area contributed by atoms with E-state index in [2.05, 4.69) is 10.1 Å². The van der Waals surface area contributed by atoms with E-state index >= 15 is 0 Å². The summed E-state index contributed by atoms with van der Waals surface area (Å²) in [6.07, 6.45) is 1.12. The fourth-order valence-corrected chi connectivity index (χ4v) is 3.98. The number of hydrogen-bond donors (Lipinski definition) is 1. The van der Waals surface area contributed by atoms with Crippen LogP contribution in [-0.4, -0.2) is 35.3 Å². The van der Waals surface area contributed by atoms with Crippen molar-refractivity contribution < 1.29 is 19.0 Å². The minimum absolute atomic E-state index is 0.199. The molecule has 3 aromatic rings. The summed E-state index contributed by atoms with van der Waals surface area (Å²) in [4.78, 5) is 41.9. The molecule has 1 N–H and O–H groups in total. The van der Waals surface area contributed by atoms with Crippen LogP contribution < -0.4 is 15.1 Å². The number of para-hydroxylation sites is 1. The summed E-state index contributed by atoms with van der Waals surface area (Å²) >= 11 is 1.30. The largest absolute Gasteiger partial charge is 0.465 e. The van der Waals surface area contributed by atoms with E-state index in [0.717, 1.165) is 0 Å². The van der Waals surface area contributed by atoms with Crippen molar-refractivity contribution in [3.63, 3.8) is 0 Å². The summed E-state index contributed by atoms with van der Waals surface area (Å²) in [7, 11) is 1.32. The third-order valence-corrected chi connectivity index (χ3v) is 5.49. The molecule has 1 atom stereocenters. The first-order valence-electron chi connectivity index (χ1n) is 9.14. The number of anilines is 1. The standard InChI is InChI=1S/C21H18N4O4S/c1-12(26)24-16-7-5-4-6-15(16)17-18(27)22-21(30-3)23-25(17)19(24)13-8-10-14(11-9-13)20(28)29-2/h4-11,19H,1-3H3/p+1. The molecule has 1 aliphatic heterocycles. The first-order chi connectivity index (χ1) is 14.5. The number of rotatable bonds is 3. The van der Waals surface area contributed by atoms with Crippen LogP contribution in [0.15, 0.2) is 58.5 Å². The van der Waals surface area contributed by atoms with Gasteiger partial charge in [-0.25, -0.2) is 9.69 Å². The Balaban J connectivity index is 1.99. The number of thioether (sulfide) groups is 1. The lowest BCUT2D eigenvalue weighted by Gasteiger charge is -2.31. The van der Waals surface area contributed by atoms with Crippen LogP contribution >= 0.6 is 11.8 Å². The van der Waals surface area contributed by atoms with Crippen molar-refractivity contribution in [3.8, 4) is 11.3 Å². The Morgan fingerprint density at radius 2 is 1.87 bits per heavy atom. The lowest BCUT2D eigenvalue weighted by atomic mass is 10.0. The highest BCUT2D eigenvalue weighted by Crippen LogP contribution is 2.37. The Morgan fingerprint density at radius 3 is 2.50 bits per heavy atom. The number of carbonyl (C=O) groups excluding carboxylic acids is 2. The molecular formula is C21H19N4O4S+. The van der Waals surface area contributed by atoms with Gasteiger partial charge in [0.2, 0.25) is 11.1 Å². The second-order valence-corrected chi connectivity index (χ2v) is 7.44. The summed E-state index contributed by atoms with van der Waals surface area (Å²) in [6.45, 7) is 1.47. The molecule has 0 bridgehead atoms. The van der Waals surface area contributed by atoms with Gasteiger partial charge in [0.25, 0.3) is 6.17 Å². The molecule has 0 fully saturated rings. The first-order valence-corrected chi connectivity index (χ1v) is 10.4. The molecule has 2 aromatic carbocycles. The Hall–Kier alpha value is -3.46. The van der Waals surface area contributed by atoms with Crippen molar-refractivity contribution >= 4 is 29.3 Å². The van der Waals surface area contributed by atoms with E-state index in [9.17, 15) is 14.4 Å². The topological polar surface area (TPSA) is 96.2 Å². The fraction of sp³-hybridized carbons (Fsp3) is 0.190. The van der Waals surface area contributed by atoms with E-state index < -0.39 is 12.1 Å². The number of carbonyl (C=O) groups is 2. The van der Waals surface area contributed by atoms with Crippen molar-refractivity contribution in [2.75, 3.05) is 18.3 Å². The molecule has 0 saturated carbocycles. The lowest BCUT2D eigenvalue weighted by molar-refractivity contribution is -0.763. The van der Waals surface area contributed by atoms with Crippen molar-refractivity contribution in [2.24, 2.45) is 0 Å². The minimum Gasteiger partial charge on any atom is -0.465 e. The number of ether oxygens (including phenoxy) is 1. The molecule has 0 spiro atoms. The van der Waals surface area contributed by atoms with Crippen LogP contribution in [0.5, 0.6) is 0 Å². The van der Waals surface area contributed by atoms with E-state index in [0.29, 0.717) is 33.2 Å². The summed E-state index contributed by atoms with van der Waals surface area (Å²) in [6, 6.07) is 14.0. The SMILES string of the molecule is COC(=O)c1ccc(C2N(C(C)=O)c3ccccc3-c3c(=O)[nH]c(SC)n[n+]32)cc1. The van der Waals surface area contributed by atoms with Gasteiger partial charge in [-0.15, -0.1) is 0 Å². The average molecular weight is 423 g/mol. The number of aromatic amines is 1. The van der Waals surface area contributed by atoms with E-state index in [4.69, 9.17) is 4.74 Å². The van der Waals surface area contributed by atoms with Gasteiger partial charge in [-0.3, -0.25) is 14.6 Å². The average Bonchev–Trinajstić information content (AvgIpc) is 2.77. The van der Waals surface area contributed by atoms with Gasteiger partial charge in [0, 0.05) is 17.6 Å². The Morgan fingerprint density at radius 1 is 1.17 bits per heavy atom.